The van der Waals surface area contributed by atoms with Gasteiger partial charge in [-0.3, -0.25) is 20.4 Å². The largest absolute Gasteiger partial charge is 0.294 e. The number of rotatable bonds is 2. The van der Waals surface area contributed by atoms with Crippen molar-refractivity contribution in [3.8, 4) is 0 Å². The van der Waals surface area contributed by atoms with E-state index >= 15 is 0 Å². The van der Waals surface area contributed by atoms with Crippen molar-refractivity contribution in [3.05, 3.63) is 0 Å². The summed E-state index contributed by atoms with van der Waals surface area (Å²) < 4.78 is 0. The van der Waals surface area contributed by atoms with E-state index < -0.39 is 0 Å². The standard InChI is InChI=1S/C5H10N4O2/c6-8-4(10)2-1-3(2)5(11)9-7/h2-3H,1,6-7H2,(H,8,10)(H,9,11)/t2-,3?/m1/s1. The van der Waals surface area contributed by atoms with Gasteiger partial charge in [0.15, 0.2) is 0 Å². The van der Waals surface area contributed by atoms with Crippen molar-refractivity contribution in [1.29, 1.82) is 0 Å². The second-order valence-corrected chi connectivity index (χ2v) is 2.47. The summed E-state index contributed by atoms with van der Waals surface area (Å²) in [4.78, 5) is 21.5. The number of hydrogen-bond donors (Lipinski definition) is 4. The van der Waals surface area contributed by atoms with Gasteiger partial charge in [0.1, 0.15) is 0 Å². The molecular weight excluding hydrogens is 148 g/mol. The average molecular weight is 158 g/mol. The highest BCUT2D eigenvalue weighted by Gasteiger charge is 2.47. The topological polar surface area (TPSA) is 110 Å². The minimum Gasteiger partial charge on any atom is -0.294 e. The van der Waals surface area contributed by atoms with Crippen molar-refractivity contribution in [2.24, 2.45) is 23.5 Å². The molecule has 2 amide bonds. The summed E-state index contributed by atoms with van der Waals surface area (Å²) >= 11 is 0. The molecule has 0 aromatic heterocycles. The molecule has 1 saturated carbocycles. The first-order chi connectivity index (χ1) is 5.20. The van der Waals surface area contributed by atoms with E-state index in [0.717, 1.165) is 0 Å². The molecule has 1 aliphatic rings. The molecule has 0 spiro atoms. The Morgan fingerprint density at radius 1 is 1.09 bits per heavy atom. The molecular formula is C5H10N4O2. The Bertz CT molecular complexity index is 173. The van der Waals surface area contributed by atoms with Gasteiger partial charge in [-0.05, 0) is 6.42 Å². The summed E-state index contributed by atoms with van der Waals surface area (Å²) in [6.45, 7) is 0. The number of nitrogens with two attached hydrogens (primary N) is 2. The maximum Gasteiger partial charge on any atom is 0.237 e. The third-order valence-electron chi connectivity index (χ3n) is 1.75. The first-order valence-corrected chi connectivity index (χ1v) is 3.21. The third-order valence-corrected chi connectivity index (χ3v) is 1.75. The Balaban J connectivity index is 2.37. The molecule has 11 heavy (non-hydrogen) atoms. The van der Waals surface area contributed by atoms with Crippen molar-refractivity contribution in [3.63, 3.8) is 0 Å². The molecule has 0 bridgehead atoms. The van der Waals surface area contributed by atoms with Gasteiger partial charge in [-0.25, -0.2) is 11.7 Å². The van der Waals surface area contributed by atoms with Gasteiger partial charge in [-0.15, -0.1) is 0 Å². The van der Waals surface area contributed by atoms with Gasteiger partial charge >= 0.3 is 0 Å². The van der Waals surface area contributed by atoms with Crippen LogP contribution >= 0.6 is 0 Å². The molecule has 0 aromatic rings. The van der Waals surface area contributed by atoms with Crippen LogP contribution in [0.1, 0.15) is 6.42 Å². The number of carbonyl (C=O) groups excluding carboxylic acids is 2. The molecule has 6 heteroatoms. The minimum atomic E-state index is -0.307. The molecule has 1 fully saturated rings. The van der Waals surface area contributed by atoms with Crippen LogP contribution in [-0.2, 0) is 9.59 Å². The highest BCUT2D eigenvalue weighted by Crippen LogP contribution is 2.38. The Kier molecular flexibility index (Phi) is 2.06. The minimum absolute atomic E-state index is 0.288. The van der Waals surface area contributed by atoms with Crippen LogP contribution in [0.25, 0.3) is 0 Å². The van der Waals surface area contributed by atoms with Crippen molar-refractivity contribution < 1.29 is 9.59 Å². The molecule has 62 valence electrons. The lowest BCUT2D eigenvalue weighted by Gasteiger charge is -1.96. The van der Waals surface area contributed by atoms with E-state index in [1.165, 1.54) is 0 Å². The number of amides is 2. The molecule has 6 nitrogen and oxygen atoms in total. The number of nitrogens with one attached hydrogen (secondary N) is 2. The SMILES string of the molecule is NNC(=O)C1C[C@H]1C(=O)NN. The first-order valence-electron chi connectivity index (χ1n) is 3.21. The van der Waals surface area contributed by atoms with Crippen LogP contribution in [0.2, 0.25) is 0 Å². The van der Waals surface area contributed by atoms with Crippen LogP contribution in [0.5, 0.6) is 0 Å². The third kappa shape index (κ3) is 1.47. The lowest BCUT2D eigenvalue weighted by atomic mass is 10.3. The summed E-state index contributed by atoms with van der Waals surface area (Å²) in [6, 6.07) is 0. The predicted molar refractivity (Wildman–Crippen MR) is 36.3 cm³/mol. The fourth-order valence-corrected chi connectivity index (χ4v) is 0.989. The highest BCUT2D eigenvalue weighted by molar-refractivity contribution is 5.91. The van der Waals surface area contributed by atoms with Gasteiger partial charge in [-0.2, -0.15) is 0 Å². The van der Waals surface area contributed by atoms with E-state index in [4.69, 9.17) is 11.7 Å². The molecule has 0 aromatic carbocycles. The van der Waals surface area contributed by atoms with Crippen molar-refractivity contribution >= 4 is 11.8 Å². The van der Waals surface area contributed by atoms with Gasteiger partial charge < -0.3 is 0 Å². The Morgan fingerprint density at radius 2 is 1.45 bits per heavy atom. The summed E-state index contributed by atoms with van der Waals surface area (Å²) in [5.74, 6) is 8.52. The number of hydrogen-bond acceptors (Lipinski definition) is 4. The average Bonchev–Trinajstić information content (AvgIpc) is 2.80. The maximum absolute atomic E-state index is 10.7. The Morgan fingerprint density at radius 3 is 1.73 bits per heavy atom. The Labute approximate surface area is 63.2 Å². The van der Waals surface area contributed by atoms with Gasteiger partial charge in [0.2, 0.25) is 11.8 Å². The van der Waals surface area contributed by atoms with Crippen molar-refractivity contribution in [2.45, 2.75) is 6.42 Å². The van der Waals surface area contributed by atoms with Gasteiger partial charge in [0, 0.05) is 0 Å². The highest BCUT2D eigenvalue weighted by atomic mass is 16.2. The zero-order valence-corrected chi connectivity index (χ0v) is 5.83. The van der Waals surface area contributed by atoms with E-state index in [0.29, 0.717) is 6.42 Å². The van der Waals surface area contributed by atoms with Crippen molar-refractivity contribution in [2.75, 3.05) is 0 Å². The van der Waals surface area contributed by atoms with Crippen LogP contribution in [0.3, 0.4) is 0 Å². The molecule has 1 rings (SSSR count). The Hall–Kier alpha value is -1.14. The first kappa shape index (κ1) is 7.96. The maximum atomic E-state index is 10.7. The zero-order valence-electron chi connectivity index (χ0n) is 5.83. The summed E-state index contributed by atoms with van der Waals surface area (Å²) in [6.07, 6.45) is 0.534. The van der Waals surface area contributed by atoms with Crippen LogP contribution in [0.15, 0.2) is 0 Å². The summed E-state index contributed by atoms with van der Waals surface area (Å²) in [7, 11) is 0. The predicted octanol–water partition coefficient (Wildman–Crippen LogP) is -2.40. The molecule has 0 radical (unpaired) electrons. The fourth-order valence-electron chi connectivity index (χ4n) is 0.989. The quantitative estimate of drug-likeness (QED) is 0.204. The molecule has 0 saturated heterocycles. The smallest absolute Gasteiger partial charge is 0.237 e. The van der Waals surface area contributed by atoms with E-state index in [-0.39, 0.29) is 23.7 Å². The second-order valence-electron chi connectivity index (χ2n) is 2.47. The van der Waals surface area contributed by atoms with Crippen LogP contribution < -0.4 is 22.5 Å². The van der Waals surface area contributed by atoms with E-state index in [9.17, 15) is 9.59 Å². The molecule has 6 N–H and O–H groups in total. The van der Waals surface area contributed by atoms with E-state index in [1.54, 1.807) is 0 Å². The molecule has 1 unspecified atom stereocenters. The molecule has 0 heterocycles. The van der Waals surface area contributed by atoms with Gasteiger partial charge in [0.05, 0.1) is 11.8 Å². The summed E-state index contributed by atoms with van der Waals surface area (Å²) in [5, 5.41) is 0. The monoisotopic (exact) mass is 158 g/mol. The lowest BCUT2D eigenvalue weighted by molar-refractivity contribution is -0.127. The van der Waals surface area contributed by atoms with Crippen LogP contribution in [-0.4, -0.2) is 11.8 Å². The van der Waals surface area contributed by atoms with Crippen LogP contribution in [0, 0.1) is 11.8 Å². The second kappa shape index (κ2) is 2.85. The molecule has 2 atom stereocenters. The normalized spacial score (nSPS) is 27.5. The number of hydrazine groups is 2. The molecule has 0 aliphatic heterocycles. The van der Waals surface area contributed by atoms with Crippen LogP contribution in [0.4, 0.5) is 0 Å². The fraction of sp³-hybridized carbons (Fsp3) is 0.600. The van der Waals surface area contributed by atoms with Crippen molar-refractivity contribution in [1.82, 2.24) is 10.9 Å². The lowest BCUT2D eigenvalue weighted by Crippen LogP contribution is -2.36. The van der Waals surface area contributed by atoms with Gasteiger partial charge in [0.25, 0.3) is 0 Å². The van der Waals surface area contributed by atoms with E-state index in [1.807, 2.05) is 10.9 Å². The van der Waals surface area contributed by atoms with Gasteiger partial charge in [-0.1, -0.05) is 0 Å². The summed E-state index contributed by atoms with van der Waals surface area (Å²) in [5.41, 5.74) is 3.95. The van der Waals surface area contributed by atoms with E-state index in [2.05, 4.69) is 0 Å². The number of carbonyl (C=O) groups is 2. The molecule has 1 aliphatic carbocycles. The zero-order chi connectivity index (χ0) is 8.43.